The first-order valence-corrected chi connectivity index (χ1v) is 9.21. The van der Waals surface area contributed by atoms with Gasteiger partial charge in [0.1, 0.15) is 4.99 Å². The summed E-state index contributed by atoms with van der Waals surface area (Å²) in [5, 5.41) is 1.98. The summed E-state index contributed by atoms with van der Waals surface area (Å²) < 4.78 is 7.68. The lowest BCUT2D eigenvalue weighted by Gasteiger charge is -2.29. The SMILES string of the molecule is S=C(c1cn(Cc2ccccc2Cl)c2ccccc12)N1CCOCC1. The zero-order valence-electron chi connectivity index (χ0n) is 13.8. The number of morpholine rings is 1. The smallest absolute Gasteiger partial charge is 0.111 e. The van der Waals surface area contributed by atoms with E-state index in [1.165, 1.54) is 10.9 Å². The van der Waals surface area contributed by atoms with E-state index in [1.807, 2.05) is 18.2 Å². The van der Waals surface area contributed by atoms with Gasteiger partial charge in [0.05, 0.1) is 13.2 Å². The van der Waals surface area contributed by atoms with E-state index in [0.717, 1.165) is 54.0 Å². The quantitative estimate of drug-likeness (QED) is 0.638. The molecule has 5 heteroatoms. The van der Waals surface area contributed by atoms with Crippen molar-refractivity contribution >= 4 is 39.7 Å². The molecule has 0 amide bonds. The first-order valence-electron chi connectivity index (χ1n) is 8.42. The Morgan fingerprint density at radius 1 is 1.04 bits per heavy atom. The molecule has 0 unspecified atom stereocenters. The molecule has 3 nitrogen and oxygen atoms in total. The third kappa shape index (κ3) is 3.30. The highest BCUT2D eigenvalue weighted by Gasteiger charge is 2.19. The third-order valence-corrected chi connectivity index (χ3v) is 5.46. The Morgan fingerprint density at radius 3 is 2.56 bits per heavy atom. The molecule has 4 rings (SSSR count). The van der Waals surface area contributed by atoms with Crippen LogP contribution in [0.2, 0.25) is 5.02 Å². The Balaban J connectivity index is 1.73. The number of ether oxygens (including phenoxy) is 1. The van der Waals surface area contributed by atoms with Gasteiger partial charge in [0.2, 0.25) is 0 Å². The van der Waals surface area contributed by atoms with Crippen molar-refractivity contribution in [3.8, 4) is 0 Å². The normalized spacial score (nSPS) is 14.8. The molecular weight excluding hydrogens is 352 g/mol. The van der Waals surface area contributed by atoms with E-state index in [1.54, 1.807) is 0 Å². The van der Waals surface area contributed by atoms with Crippen molar-refractivity contribution in [3.63, 3.8) is 0 Å². The van der Waals surface area contributed by atoms with Crippen LogP contribution in [0.3, 0.4) is 0 Å². The highest BCUT2D eigenvalue weighted by molar-refractivity contribution is 7.80. The van der Waals surface area contributed by atoms with Crippen LogP contribution in [0.25, 0.3) is 10.9 Å². The van der Waals surface area contributed by atoms with Gasteiger partial charge in [-0.15, -0.1) is 0 Å². The lowest BCUT2D eigenvalue weighted by molar-refractivity contribution is 0.0693. The molecule has 0 saturated carbocycles. The van der Waals surface area contributed by atoms with Gasteiger partial charge in [0.25, 0.3) is 0 Å². The Bertz CT molecular complexity index is 915. The number of rotatable bonds is 3. The maximum absolute atomic E-state index is 6.36. The van der Waals surface area contributed by atoms with E-state index in [9.17, 15) is 0 Å². The van der Waals surface area contributed by atoms with E-state index in [4.69, 9.17) is 28.6 Å². The average molecular weight is 371 g/mol. The summed E-state index contributed by atoms with van der Waals surface area (Å²) in [6.07, 6.45) is 2.16. The fraction of sp³-hybridized carbons (Fsp3) is 0.250. The van der Waals surface area contributed by atoms with Gasteiger partial charge in [-0.25, -0.2) is 0 Å². The minimum absolute atomic E-state index is 0.728. The molecule has 2 heterocycles. The van der Waals surface area contributed by atoms with Gasteiger partial charge in [-0.2, -0.15) is 0 Å². The first kappa shape index (κ1) is 16.6. The van der Waals surface area contributed by atoms with E-state index >= 15 is 0 Å². The van der Waals surface area contributed by atoms with Gasteiger partial charge in [-0.05, 0) is 17.7 Å². The summed E-state index contributed by atoms with van der Waals surface area (Å²) in [4.78, 5) is 3.14. The van der Waals surface area contributed by atoms with Crippen LogP contribution in [-0.2, 0) is 11.3 Å². The third-order valence-electron chi connectivity index (χ3n) is 4.62. The second-order valence-corrected chi connectivity index (χ2v) is 6.98. The molecule has 0 radical (unpaired) electrons. The predicted molar refractivity (Wildman–Crippen MR) is 107 cm³/mol. The Kier molecular flexibility index (Phi) is 4.75. The standard InChI is InChI=1S/C20H19ClN2OS/c21-18-7-3-1-5-15(18)13-23-14-17(16-6-2-4-8-19(16)23)20(25)22-9-11-24-12-10-22/h1-8,14H,9-13H2. The van der Waals surface area contributed by atoms with Crippen molar-refractivity contribution in [2.45, 2.75) is 6.54 Å². The number of para-hydroxylation sites is 1. The van der Waals surface area contributed by atoms with Gasteiger partial charge in [-0.3, -0.25) is 0 Å². The van der Waals surface area contributed by atoms with Crippen molar-refractivity contribution in [3.05, 3.63) is 70.9 Å². The maximum Gasteiger partial charge on any atom is 0.111 e. The van der Waals surface area contributed by atoms with Crippen LogP contribution >= 0.6 is 23.8 Å². The highest BCUT2D eigenvalue weighted by Crippen LogP contribution is 2.26. The fourth-order valence-electron chi connectivity index (χ4n) is 3.29. The maximum atomic E-state index is 6.36. The van der Waals surface area contributed by atoms with Gasteiger partial charge in [0.15, 0.2) is 0 Å². The van der Waals surface area contributed by atoms with E-state index in [0.29, 0.717) is 0 Å². The summed E-state index contributed by atoms with van der Waals surface area (Å²) in [6.45, 7) is 3.90. The molecule has 1 aliphatic rings. The number of halogens is 1. The van der Waals surface area contributed by atoms with Crippen molar-refractivity contribution < 1.29 is 4.74 Å². The summed E-state index contributed by atoms with van der Waals surface area (Å²) in [6, 6.07) is 16.4. The average Bonchev–Trinajstić information content (AvgIpc) is 3.02. The Morgan fingerprint density at radius 2 is 1.76 bits per heavy atom. The molecule has 2 aromatic carbocycles. The first-order chi connectivity index (χ1) is 12.2. The molecule has 1 aliphatic heterocycles. The number of nitrogens with zero attached hydrogens (tertiary/aromatic N) is 2. The van der Waals surface area contributed by atoms with Crippen molar-refractivity contribution in [1.29, 1.82) is 0 Å². The number of aromatic nitrogens is 1. The largest absolute Gasteiger partial charge is 0.378 e. The number of benzene rings is 2. The Labute approximate surface area is 157 Å². The number of hydrogen-bond donors (Lipinski definition) is 0. The molecule has 0 atom stereocenters. The molecule has 0 spiro atoms. The zero-order chi connectivity index (χ0) is 17.2. The predicted octanol–water partition coefficient (Wildman–Crippen LogP) is 4.35. The molecule has 25 heavy (non-hydrogen) atoms. The highest BCUT2D eigenvalue weighted by atomic mass is 35.5. The van der Waals surface area contributed by atoms with Crippen LogP contribution < -0.4 is 0 Å². The van der Waals surface area contributed by atoms with Gasteiger partial charge in [0, 0.05) is 47.3 Å². The van der Waals surface area contributed by atoms with Gasteiger partial charge in [-0.1, -0.05) is 60.2 Å². The van der Waals surface area contributed by atoms with E-state index in [-0.39, 0.29) is 0 Å². The molecular formula is C20H19ClN2OS. The van der Waals surface area contributed by atoms with Crippen molar-refractivity contribution in [1.82, 2.24) is 9.47 Å². The molecule has 1 fully saturated rings. The minimum Gasteiger partial charge on any atom is -0.378 e. The monoisotopic (exact) mass is 370 g/mol. The molecule has 1 saturated heterocycles. The Hall–Kier alpha value is -1.88. The van der Waals surface area contributed by atoms with Crippen LogP contribution in [0, 0.1) is 0 Å². The molecule has 128 valence electrons. The van der Waals surface area contributed by atoms with Crippen molar-refractivity contribution in [2.75, 3.05) is 26.3 Å². The lowest BCUT2D eigenvalue weighted by atomic mass is 10.1. The summed E-state index contributed by atoms with van der Waals surface area (Å²) in [5.74, 6) is 0. The topological polar surface area (TPSA) is 17.4 Å². The molecule has 1 aromatic heterocycles. The van der Waals surface area contributed by atoms with Crippen LogP contribution in [0.5, 0.6) is 0 Å². The zero-order valence-corrected chi connectivity index (χ0v) is 15.4. The summed E-state index contributed by atoms with van der Waals surface area (Å²) in [7, 11) is 0. The molecule has 0 N–H and O–H groups in total. The van der Waals surface area contributed by atoms with Crippen LogP contribution in [0.1, 0.15) is 11.1 Å². The summed E-state index contributed by atoms with van der Waals surface area (Å²) >= 11 is 12.2. The number of hydrogen-bond acceptors (Lipinski definition) is 2. The molecule has 0 bridgehead atoms. The van der Waals surface area contributed by atoms with E-state index < -0.39 is 0 Å². The molecule has 3 aromatic rings. The van der Waals surface area contributed by atoms with Crippen LogP contribution in [0.4, 0.5) is 0 Å². The van der Waals surface area contributed by atoms with Crippen LogP contribution in [-0.4, -0.2) is 40.8 Å². The minimum atomic E-state index is 0.728. The van der Waals surface area contributed by atoms with Crippen LogP contribution in [0.15, 0.2) is 54.7 Å². The number of fused-ring (bicyclic) bond motifs is 1. The van der Waals surface area contributed by atoms with Gasteiger partial charge >= 0.3 is 0 Å². The summed E-state index contributed by atoms with van der Waals surface area (Å²) in [5.41, 5.74) is 3.39. The van der Waals surface area contributed by atoms with Crippen molar-refractivity contribution in [2.24, 2.45) is 0 Å². The second-order valence-electron chi connectivity index (χ2n) is 6.18. The molecule has 0 aliphatic carbocycles. The lowest BCUT2D eigenvalue weighted by Crippen LogP contribution is -2.40. The second kappa shape index (κ2) is 7.16. The number of thiocarbonyl (C=S) groups is 1. The van der Waals surface area contributed by atoms with E-state index in [2.05, 4.69) is 46.0 Å². The fourth-order valence-corrected chi connectivity index (χ4v) is 3.84. The van der Waals surface area contributed by atoms with Gasteiger partial charge < -0.3 is 14.2 Å².